The fourth-order valence-corrected chi connectivity index (χ4v) is 2.10. The summed E-state index contributed by atoms with van der Waals surface area (Å²) in [6.07, 6.45) is 0. The van der Waals surface area contributed by atoms with Gasteiger partial charge in [0.25, 0.3) is 5.69 Å². The van der Waals surface area contributed by atoms with Crippen molar-refractivity contribution < 1.29 is 9.66 Å². The number of nitro groups is 1. The molecule has 6 nitrogen and oxygen atoms in total. The van der Waals surface area contributed by atoms with Gasteiger partial charge in [0, 0.05) is 17.8 Å². The highest BCUT2D eigenvalue weighted by Gasteiger charge is 2.10. The van der Waals surface area contributed by atoms with Gasteiger partial charge >= 0.3 is 0 Å². The summed E-state index contributed by atoms with van der Waals surface area (Å²) in [6.45, 7) is 1.85. The van der Waals surface area contributed by atoms with Crippen LogP contribution in [0.25, 0.3) is 0 Å². The van der Waals surface area contributed by atoms with Gasteiger partial charge in [-0.1, -0.05) is 18.2 Å². The van der Waals surface area contributed by atoms with E-state index in [1.165, 1.54) is 12.1 Å². The summed E-state index contributed by atoms with van der Waals surface area (Å²) in [6, 6.07) is 11.9. The van der Waals surface area contributed by atoms with Gasteiger partial charge in [0.05, 0.1) is 17.7 Å². The van der Waals surface area contributed by atoms with Crippen LogP contribution in [-0.4, -0.2) is 17.1 Å². The smallest absolute Gasteiger partial charge is 0.271 e. The summed E-state index contributed by atoms with van der Waals surface area (Å²) in [5, 5.41) is 17.1. The second kappa shape index (κ2) is 6.86. The Bertz CT molecular complexity index is 719. The average molecular weight is 317 g/mol. The van der Waals surface area contributed by atoms with Crippen LogP contribution in [0.3, 0.4) is 0 Å². The van der Waals surface area contributed by atoms with Crippen molar-refractivity contribution in [3.8, 4) is 5.75 Å². The minimum absolute atomic E-state index is 0.00758. The lowest BCUT2D eigenvalue weighted by molar-refractivity contribution is -0.384. The first-order valence-corrected chi connectivity index (χ1v) is 6.88. The zero-order chi connectivity index (χ0) is 16.1. The van der Waals surface area contributed by atoms with Crippen LogP contribution in [0, 0.1) is 17.0 Å². The number of hydrogen-bond donors (Lipinski definition) is 2. The highest BCUT2D eigenvalue weighted by atomic mass is 32.1. The molecule has 2 aromatic carbocycles. The highest BCUT2D eigenvalue weighted by molar-refractivity contribution is 7.80. The number of ether oxygens (including phenoxy) is 1. The maximum absolute atomic E-state index is 10.8. The summed E-state index contributed by atoms with van der Waals surface area (Å²) < 4.78 is 5.23. The quantitative estimate of drug-likeness (QED) is 0.508. The van der Waals surface area contributed by atoms with Crippen LogP contribution in [0.15, 0.2) is 42.5 Å². The number of hydrogen-bond acceptors (Lipinski definition) is 4. The summed E-state index contributed by atoms with van der Waals surface area (Å²) in [7, 11) is 1.57. The fraction of sp³-hybridized carbons (Fsp3) is 0.133. The Kier molecular flexibility index (Phi) is 4.90. The van der Waals surface area contributed by atoms with Crippen LogP contribution >= 0.6 is 12.2 Å². The zero-order valence-corrected chi connectivity index (χ0v) is 12.9. The Morgan fingerprint density at radius 1 is 1.18 bits per heavy atom. The zero-order valence-electron chi connectivity index (χ0n) is 12.1. The number of thiocarbonyl (C=S) groups is 1. The van der Waals surface area contributed by atoms with Crippen molar-refractivity contribution in [1.29, 1.82) is 0 Å². The minimum Gasteiger partial charge on any atom is -0.495 e. The van der Waals surface area contributed by atoms with Crippen molar-refractivity contribution in [2.45, 2.75) is 6.92 Å². The Hall–Kier alpha value is -2.67. The largest absolute Gasteiger partial charge is 0.495 e. The number of nitrogens with zero attached hydrogens (tertiary/aromatic N) is 1. The van der Waals surface area contributed by atoms with Crippen LogP contribution in [-0.2, 0) is 0 Å². The third kappa shape index (κ3) is 3.70. The number of methoxy groups -OCH3 is 1. The second-order valence-corrected chi connectivity index (χ2v) is 4.94. The number of nitro benzene ring substituents is 1. The molecule has 0 saturated carbocycles. The number of benzene rings is 2. The van der Waals surface area contributed by atoms with Gasteiger partial charge in [-0.15, -0.1) is 0 Å². The van der Waals surface area contributed by atoms with E-state index in [9.17, 15) is 10.1 Å². The predicted molar refractivity (Wildman–Crippen MR) is 90.7 cm³/mol. The van der Waals surface area contributed by atoms with Gasteiger partial charge in [-0.2, -0.15) is 0 Å². The SMILES string of the molecule is COc1ccccc1NC(=S)Nc1cc([N+](=O)[O-])ccc1C. The summed E-state index contributed by atoms with van der Waals surface area (Å²) in [4.78, 5) is 10.4. The standard InChI is InChI=1S/C15H15N3O3S/c1-10-7-8-11(18(19)20)9-13(10)17-15(22)16-12-5-3-4-6-14(12)21-2/h3-9H,1-2H3,(H2,16,17,22). The molecule has 2 aromatic rings. The summed E-state index contributed by atoms with van der Waals surface area (Å²) >= 11 is 5.25. The van der Waals surface area contributed by atoms with Crippen LogP contribution in [0.4, 0.5) is 17.1 Å². The molecule has 114 valence electrons. The lowest BCUT2D eigenvalue weighted by atomic mass is 10.2. The number of para-hydroxylation sites is 2. The molecular weight excluding hydrogens is 302 g/mol. The molecule has 0 aromatic heterocycles. The van der Waals surface area contributed by atoms with Crippen molar-refractivity contribution in [3.05, 3.63) is 58.1 Å². The third-order valence-corrected chi connectivity index (χ3v) is 3.24. The first kappa shape index (κ1) is 15.7. The van der Waals surface area contributed by atoms with Crippen molar-refractivity contribution in [3.63, 3.8) is 0 Å². The van der Waals surface area contributed by atoms with Crippen molar-refractivity contribution in [2.24, 2.45) is 0 Å². The molecule has 0 fully saturated rings. The molecule has 2 N–H and O–H groups in total. The maximum Gasteiger partial charge on any atom is 0.271 e. The topological polar surface area (TPSA) is 76.4 Å². The van der Waals surface area contributed by atoms with Crippen molar-refractivity contribution in [2.75, 3.05) is 17.7 Å². The number of anilines is 2. The molecule has 7 heteroatoms. The lowest BCUT2D eigenvalue weighted by Crippen LogP contribution is -2.20. The predicted octanol–water partition coefficient (Wildman–Crippen LogP) is 3.72. The average Bonchev–Trinajstić information content (AvgIpc) is 2.49. The van der Waals surface area contributed by atoms with Crippen LogP contribution in [0.5, 0.6) is 5.75 Å². The van der Waals surface area contributed by atoms with Crippen molar-refractivity contribution >= 4 is 34.4 Å². The van der Waals surface area contributed by atoms with E-state index in [1.54, 1.807) is 13.2 Å². The van der Waals surface area contributed by atoms with Gasteiger partial charge in [-0.25, -0.2) is 0 Å². The first-order valence-electron chi connectivity index (χ1n) is 6.47. The van der Waals surface area contributed by atoms with Gasteiger partial charge in [0.2, 0.25) is 0 Å². The highest BCUT2D eigenvalue weighted by Crippen LogP contribution is 2.25. The molecule has 0 spiro atoms. The Morgan fingerprint density at radius 3 is 2.55 bits per heavy atom. The molecule has 2 rings (SSSR count). The van der Waals surface area contributed by atoms with E-state index in [-0.39, 0.29) is 5.69 Å². The number of non-ortho nitro benzene ring substituents is 1. The Labute approximate surface area is 133 Å². The van der Waals surface area contributed by atoms with E-state index in [2.05, 4.69) is 10.6 Å². The Morgan fingerprint density at radius 2 is 1.86 bits per heavy atom. The molecule has 0 bridgehead atoms. The molecule has 0 aliphatic heterocycles. The monoisotopic (exact) mass is 317 g/mol. The minimum atomic E-state index is -0.443. The van der Waals surface area contributed by atoms with E-state index in [1.807, 2.05) is 31.2 Å². The molecular formula is C15H15N3O3S. The summed E-state index contributed by atoms with van der Waals surface area (Å²) in [5.74, 6) is 0.655. The number of nitrogens with one attached hydrogen (secondary N) is 2. The fourth-order valence-electron chi connectivity index (χ4n) is 1.88. The molecule has 0 atom stereocenters. The molecule has 0 amide bonds. The molecule has 0 saturated heterocycles. The molecule has 0 aliphatic rings. The lowest BCUT2D eigenvalue weighted by Gasteiger charge is -2.14. The number of rotatable bonds is 4. The molecule has 0 aliphatic carbocycles. The molecule has 0 heterocycles. The van der Waals surface area contributed by atoms with E-state index >= 15 is 0 Å². The van der Waals surface area contributed by atoms with Crippen molar-refractivity contribution in [1.82, 2.24) is 0 Å². The summed E-state index contributed by atoms with van der Waals surface area (Å²) in [5.41, 5.74) is 2.16. The van der Waals surface area contributed by atoms with E-state index in [0.717, 1.165) is 5.56 Å². The first-order chi connectivity index (χ1) is 10.5. The third-order valence-electron chi connectivity index (χ3n) is 3.04. The van der Waals surface area contributed by atoms with E-state index in [0.29, 0.717) is 22.2 Å². The van der Waals surface area contributed by atoms with Gasteiger partial charge in [-0.3, -0.25) is 10.1 Å². The maximum atomic E-state index is 10.8. The number of aryl methyl sites for hydroxylation is 1. The van der Waals surface area contributed by atoms with Gasteiger partial charge in [-0.05, 0) is 36.8 Å². The van der Waals surface area contributed by atoms with Crippen LogP contribution < -0.4 is 15.4 Å². The molecule has 0 unspecified atom stereocenters. The molecule has 22 heavy (non-hydrogen) atoms. The normalized spacial score (nSPS) is 9.91. The van der Waals surface area contributed by atoms with Gasteiger partial charge in [0.15, 0.2) is 5.11 Å². The van der Waals surface area contributed by atoms with Crippen LogP contribution in [0.2, 0.25) is 0 Å². The second-order valence-electron chi connectivity index (χ2n) is 4.54. The Balaban J connectivity index is 2.15. The van der Waals surface area contributed by atoms with E-state index in [4.69, 9.17) is 17.0 Å². The van der Waals surface area contributed by atoms with Gasteiger partial charge < -0.3 is 15.4 Å². The van der Waals surface area contributed by atoms with E-state index < -0.39 is 4.92 Å². The molecule has 0 radical (unpaired) electrons. The van der Waals surface area contributed by atoms with Gasteiger partial charge in [0.1, 0.15) is 5.75 Å². The van der Waals surface area contributed by atoms with Crippen LogP contribution in [0.1, 0.15) is 5.56 Å².